The Morgan fingerprint density at radius 2 is 1.70 bits per heavy atom. The van der Waals surface area contributed by atoms with Crippen LogP contribution in [0.15, 0.2) is 30.4 Å². The van der Waals surface area contributed by atoms with Gasteiger partial charge >= 0.3 is 0 Å². The van der Waals surface area contributed by atoms with Crippen LogP contribution < -0.4 is 4.90 Å². The summed E-state index contributed by atoms with van der Waals surface area (Å²) in [5.74, 6) is 0.0587. The third kappa shape index (κ3) is 1.41. The van der Waals surface area contributed by atoms with Gasteiger partial charge in [0.05, 0.1) is 17.5 Å². The zero-order chi connectivity index (χ0) is 14.0. The van der Waals surface area contributed by atoms with Crippen LogP contribution in [-0.2, 0) is 9.59 Å². The number of nitrogens with zero attached hydrogens (tertiary/aromatic N) is 1. The molecule has 20 heavy (non-hydrogen) atoms. The van der Waals surface area contributed by atoms with Crippen LogP contribution in [0.3, 0.4) is 0 Å². The van der Waals surface area contributed by atoms with Gasteiger partial charge in [-0.15, -0.1) is 0 Å². The number of benzene rings is 1. The van der Waals surface area contributed by atoms with E-state index in [-0.39, 0.29) is 35.5 Å². The van der Waals surface area contributed by atoms with Gasteiger partial charge in [-0.25, -0.2) is 4.90 Å². The molecular formula is C16H14ClNO2. The van der Waals surface area contributed by atoms with Crippen molar-refractivity contribution < 1.29 is 9.59 Å². The molecule has 2 amide bonds. The second-order valence-corrected chi connectivity index (χ2v) is 6.35. The first-order chi connectivity index (χ1) is 9.58. The van der Waals surface area contributed by atoms with Gasteiger partial charge in [-0.2, -0.15) is 0 Å². The normalized spacial score (nSPS) is 34.2. The molecule has 0 unspecified atom stereocenters. The molecule has 2 aliphatic carbocycles. The number of anilines is 1. The molecule has 1 aliphatic heterocycles. The van der Waals surface area contributed by atoms with Crippen LogP contribution in [0.5, 0.6) is 0 Å². The Kier molecular flexibility index (Phi) is 2.40. The number of amides is 2. The van der Waals surface area contributed by atoms with Gasteiger partial charge in [0, 0.05) is 5.02 Å². The fourth-order valence-corrected chi connectivity index (χ4v) is 4.05. The van der Waals surface area contributed by atoms with E-state index in [9.17, 15) is 9.59 Å². The van der Waals surface area contributed by atoms with Gasteiger partial charge in [-0.3, -0.25) is 9.59 Å². The molecule has 3 aliphatic rings. The molecule has 0 spiro atoms. The van der Waals surface area contributed by atoms with Crippen LogP contribution in [0.2, 0.25) is 5.02 Å². The van der Waals surface area contributed by atoms with E-state index in [2.05, 4.69) is 12.2 Å². The summed E-state index contributed by atoms with van der Waals surface area (Å²) in [4.78, 5) is 26.6. The molecule has 1 saturated heterocycles. The molecule has 1 heterocycles. The number of halogens is 1. The van der Waals surface area contributed by atoms with E-state index >= 15 is 0 Å². The second-order valence-electron chi connectivity index (χ2n) is 5.95. The number of hydrogen-bond acceptors (Lipinski definition) is 2. The maximum atomic E-state index is 12.6. The SMILES string of the molecule is Cc1ccc(N2C(=O)[C@@H]3[C@@H](C2=O)[C@H]2C=C[C@H]3C2)cc1Cl. The first-order valence-corrected chi connectivity index (χ1v) is 7.28. The highest BCUT2D eigenvalue weighted by molar-refractivity contribution is 6.32. The number of carbonyl (C=O) groups excluding carboxylic acids is 2. The topological polar surface area (TPSA) is 37.4 Å². The van der Waals surface area contributed by atoms with Crippen molar-refractivity contribution in [3.63, 3.8) is 0 Å². The summed E-state index contributed by atoms with van der Waals surface area (Å²) in [6, 6.07) is 5.36. The third-order valence-electron chi connectivity index (χ3n) is 4.88. The van der Waals surface area contributed by atoms with Crippen LogP contribution in [0.25, 0.3) is 0 Å². The summed E-state index contributed by atoms with van der Waals surface area (Å²) in [6.45, 7) is 1.90. The summed E-state index contributed by atoms with van der Waals surface area (Å²) in [5, 5.41) is 0.584. The van der Waals surface area contributed by atoms with Gasteiger partial charge in [-0.05, 0) is 42.9 Å². The lowest BCUT2D eigenvalue weighted by molar-refractivity contribution is -0.123. The molecule has 3 nitrogen and oxygen atoms in total. The summed E-state index contributed by atoms with van der Waals surface area (Å²) < 4.78 is 0. The number of aryl methyl sites for hydroxylation is 1. The Labute approximate surface area is 122 Å². The van der Waals surface area contributed by atoms with Gasteiger partial charge in [-0.1, -0.05) is 29.8 Å². The minimum Gasteiger partial charge on any atom is -0.274 e. The van der Waals surface area contributed by atoms with Crippen molar-refractivity contribution in [2.45, 2.75) is 13.3 Å². The van der Waals surface area contributed by atoms with Crippen molar-refractivity contribution in [1.29, 1.82) is 0 Å². The highest BCUT2D eigenvalue weighted by atomic mass is 35.5. The molecule has 1 aromatic carbocycles. The number of hydrogen-bond donors (Lipinski definition) is 0. The monoisotopic (exact) mass is 287 g/mol. The summed E-state index contributed by atoms with van der Waals surface area (Å²) in [7, 11) is 0. The summed E-state index contributed by atoms with van der Waals surface area (Å²) >= 11 is 6.12. The smallest absolute Gasteiger partial charge is 0.238 e. The molecule has 102 valence electrons. The molecule has 1 saturated carbocycles. The summed E-state index contributed by atoms with van der Waals surface area (Å²) in [6.07, 6.45) is 5.15. The first-order valence-electron chi connectivity index (χ1n) is 6.90. The number of fused-ring (bicyclic) bond motifs is 5. The van der Waals surface area contributed by atoms with E-state index in [1.54, 1.807) is 12.1 Å². The number of rotatable bonds is 1. The lowest BCUT2D eigenvalue weighted by Gasteiger charge is -2.17. The Morgan fingerprint density at radius 1 is 1.10 bits per heavy atom. The summed E-state index contributed by atoms with van der Waals surface area (Å²) in [5.41, 5.74) is 1.54. The van der Waals surface area contributed by atoms with Crippen molar-refractivity contribution in [3.8, 4) is 0 Å². The van der Waals surface area contributed by atoms with Gasteiger partial charge in [0.1, 0.15) is 0 Å². The van der Waals surface area contributed by atoms with E-state index in [4.69, 9.17) is 11.6 Å². The maximum Gasteiger partial charge on any atom is 0.238 e. The van der Waals surface area contributed by atoms with Crippen LogP contribution in [-0.4, -0.2) is 11.8 Å². The fraction of sp³-hybridized carbons (Fsp3) is 0.375. The Morgan fingerprint density at radius 3 is 2.25 bits per heavy atom. The van der Waals surface area contributed by atoms with E-state index < -0.39 is 0 Å². The molecule has 4 heteroatoms. The quantitative estimate of drug-likeness (QED) is 0.588. The average molecular weight is 288 g/mol. The first kappa shape index (κ1) is 12.2. The zero-order valence-electron chi connectivity index (χ0n) is 11.0. The molecule has 0 aromatic heterocycles. The minimum absolute atomic E-state index is 0.0585. The molecule has 4 rings (SSSR count). The number of carbonyl (C=O) groups is 2. The van der Waals surface area contributed by atoms with Gasteiger partial charge in [0.15, 0.2) is 0 Å². The van der Waals surface area contributed by atoms with Crippen molar-refractivity contribution in [1.82, 2.24) is 0 Å². The van der Waals surface area contributed by atoms with Gasteiger partial charge < -0.3 is 0 Å². The van der Waals surface area contributed by atoms with Crippen molar-refractivity contribution >= 4 is 29.1 Å². The van der Waals surface area contributed by atoms with Gasteiger partial charge in [0.2, 0.25) is 11.8 Å². The van der Waals surface area contributed by atoms with E-state index in [1.165, 1.54) is 4.90 Å². The molecular weight excluding hydrogens is 274 g/mol. The van der Waals surface area contributed by atoms with E-state index in [0.29, 0.717) is 10.7 Å². The van der Waals surface area contributed by atoms with Crippen LogP contribution in [0.4, 0.5) is 5.69 Å². The third-order valence-corrected chi connectivity index (χ3v) is 5.29. The Hall–Kier alpha value is -1.61. The molecule has 4 atom stereocenters. The predicted octanol–water partition coefficient (Wildman–Crippen LogP) is 2.96. The molecule has 0 N–H and O–H groups in total. The molecule has 2 fully saturated rings. The van der Waals surface area contributed by atoms with Crippen LogP contribution in [0, 0.1) is 30.6 Å². The second kappa shape index (κ2) is 3.95. The lowest BCUT2D eigenvalue weighted by atomic mass is 9.85. The highest BCUT2D eigenvalue weighted by Gasteiger charge is 2.59. The van der Waals surface area contributed by atoms with Gasteiger partial charge in [0.25, 0.3) is 0 Å². The largest absolute Gasteiger partial charge is 0.274 e. The number of allylic oxidation sites excluding steroid dienone is 2. The predicted molar refractivity (Wildman–Crippen MR) is 76.4 cm³/mol. The Bertz CT molecular complexity index is 636. The van der Waals surface area contributed by atoms with Crippen molar-refractivity contribution in [2.75, 3.05) is 4.90 Å². The van der Waals surface area contributed by atoms with Crippen molar-refractivity contribution in [3.05, 3.63) is 40.9 Å². The lowest BCUT2D eigenvalue weighted by Crippen LogP contribution is -2.32. The number of imide groups is 1. The highest BCUT2D eigenvalue weighted by Crippen LogP contribution is 2.53. The average Bonchev–Trinajstić information content (AvgIpc) is 3.08. The maximum absolute atomic E-state index is 12.6. The molecule has 1 aromatic rings. The zero-order valence-corrected chi connectivity index (χ0v) is 11.8. The molecule has 0 radical (unpaired) electrons. The van der Waals surface area contributed by atoms with Crippen LogP contribution >= 0.6 is 11.6 Å². The van der Waals surface area contributed by atoms with Crippen LogP contribution in [0.1, 0.15) is 12.0 Å². The fourth-order valence-electron chi connectivity index (χ4n) is 3.88. The van der Waals surface area contributed by atoms with Crippen molar-refractivity contribution in [2.24, 2.45) is 23.7 Å². The standard InChI is InChI=1S/C16H14ClNO2/c1-8-2-5-11(7-12(8)17)18-15(19)13-9-3-4-10(6-9)14(13)16(18)20/h2-5,7,9-10,13-14H,6H2,1H3/t9-,10-,13-,14-/m0/s1. The minimum atomic E-state index is -0.155. The van der Waals surface area contributed by atoms with E-state index in [1.807, 2.05) is 13.0 Å². The molecule has 2 bridgehead atoms. The Balaban J connectivity index is 1.76. The van der Waals surface area contributed by atoms with E-state index in [0.717, 1.165) is 12.0 Å².